The van der Waals surface area contributed by atoms with Gasteiger partial charge in [-0.25, -0.2) is 4.79 Å². The lowest BCUT2D eigenvalue weighted by molar-refractivity contribution is 0.269. The van der Waals surface area contributed by atoms with Crippen LogP contribution < -0.4 is 5.69 Å². The van der Waals surface area contributed by atoms with E-state index in [0.717, 1.165) is 15.6 Å². The number of hydrogen-bond acceptors (Lipinski definition) is 4. The molecule has 0 radical (unpaired) electrons. The molecule has 2 rings (SSSR count). The van der Waals surface area contributed by atoms with Crippen LogP contribution in [0.4, 0.5) is 0 Å². The minimum absolute atomic E-state index is 0.171. The van der Waals surface area contributed by atoms with Gasteiger partial charge in [-0.3, -0.25) is 14.1 Å². The fourth-order valence-electron chi connectivity index (χ4n) is 2.30. The first kappa shape index (κ1) is 18.0. The van der Waals surface area contributed by atoms with Gasteiger partial charge in [-0.2, -0.15) is 0 Å². The molecule has 0 bridgehead atoms. The first-order valence-corrected chi connectivity index (χ1v) is 8.38. The molecule has 0 saturated carbocycles. The first-order valence-electron chi connectivity index (χ1n) is 7.56. The smallest absolute Gasteiger partial charge is 0.333 e. The van der Waals surface area contributed by atoms with Crippen LogP contribution in [0.25, 0.3) is 5.70 Å². The molecule has 0 aliphatic heterocycles. The molecule has 0 saturated heterocycles. The van der Waals surface area contributed by atoms with Gasteiger partial charge in [0.15, 0.2) is 0 Å². The second-order valence-corrected chi connectivity index (χ2v) is 6.08. The molecule has 0 unspecified atom stereocenters. The summed E-state index contributed by atoms with van der Waals surface area (Å²) in [5.41, 5.74) is 1.27. The lowest BCUT2D eigenvalue weighted by atomic mass is 10.2. The number of nitrogens with zero attached hydrogens (tertiary/aromatic N) is 3. The third-order valence-electron chi connectivity index (χ3n) is 3.57. The molecule has 0 aromatic carbocycles. The highest BCUT2D eigenvalue weighted by Gasteiger charge is 2.20. The van der Waals surface area contributed by atoms with Gasteiger partial charge in [0, 0.05) is 36.5 Å². The van der Waals surface area contributed by atoms with Gasteiger partial charge in [0.2, 0.25) is 0 Å². The molecule has 126 valence electrons. The Kier molecular flexibility index (Phi) is 6.40. The maximum atomic E-state index is 12.7. The van der Waals surface area contributed by atoms with Crippen LogP contribution in [0.1, 0.15) is 19.0 Å². The van der Waals surface area contributed by atoms with Crippen LogP contribution in [-0.4, -0.2) is 19.2 Å². The molecular formula is C18H21N3O2S. The van der Waals surface area contributed by atoms with Crippen molar-refractivity contribution < 1.29 is 5.11 Å². The standard InChI is InChI=1S/C18H21N3O2S/c1-4-6-7-8-14(5-2)21-17(16(13-22)20(3)18(21)23)24-15-9-11-19-12-10-15/h4-7,9-12,22H,1,8,13H2,2-3H3/b7-6-,14-5+. The largest absolute Gasteiger partial charge is 0.390 e. The van der Waals surface area contributed by atoms with E-state index in [4.69, 9.17) is 0 Å². The van der Waals surface area contributed by atoms with Crippen LogP contribution in [0, 0.1) is 0 Å². The Bertz CT molecular complexity index is 817. The summed E-state index contributed by atoms with van der Waals surface area (Å²) in [6, 6.07) is 3.75. The summed E-state index contributed by atoms with van der Waals surface area (Å²) < 4.78 is 3.15. The maximum absolute atomic E-state index is 12.7. The van der Waals surface area contributed by atoms with Gasteiger partial charge in [0.1, 0.15) is 5.03 Å². The van der Waals surface area contributed by atoms with E-state index >= 15 is 0 Å². The highest BCUT2D eigenvalue weighted by atomic mass is 32.2. The van der Waals surface area contributed by atoms with Crippen molar-refractivity contribution in [3.63, 3.8) is 0 Å². The van der Waals surface area contributed by atoms with Gasteiger partial charge in [0.05, 0.1) is 12.3 Å². The quantitative estimate of drug-likeness (QED) is 0.784. The Hall–Kier alpha value is -2.31. The second kappa shape index (κ2) is 8.52. The number of pyridine rings is 1. The molecule has 0 atom stereocenters. The fourth-order valence-corrected chi connectivity index (χ4v) is 3.38. The average Bonchev–Trinajstić information content (AvgIpc) is 2.83. The summed E-state index contributed by atoms with van der Waals surface area (Å²) in [5, 5.41) is 10.5. The number of aromatic nitrogens is 3. The summed E-state index contributed by atoms with van der Waals surface area (Å²) in [6.07, 6.45) is 11.4. The molecule has 0 fully saturated rings. The number of imidazole rings is 1. The predicted molar refractivity (Wildman–Crippen MR) is 97.9 cm³/mol. The van der Waals surface area contributed by atoms with Crippen molar-refractivity contribution in [1.29, 1.82) is 0 Å². The lowest BCUT2D eigenvalue weighted by Gasteiger charge is -2.10. The van der Waals surface area contributed by atoms with Crippen LogP contribution in [0.15, 0.2) is 70.1 Å². The monoisotopic (exact) mass is 343 g/mol. The first-order chi connectivity index (χ1) is 11.6. The van der Waals surface area contributed by atoms with E-state index in [9.17, 15) is 9.90 Å². The molecule has 2 aromatic heterocycles. The molecule has 0 amide bonds. The summed E-state index contributed by atoms with van der Waals surface area (Å²) in [5.74, 6) is 0. The third-order valence-corrected chi connectivity index (χ3v) is 4.69. The molecule has 6 heteroatoms. The SMILES string of the molecule is C=C/C=C\C/C(=C\C)n1c(Sc2ccncc2)c(CO)n(C)c1=O. The summed E-state index contributed by atoms with van der Waals surface area (Å²) in [6.45, 7) is 5.35. The number of rotatable bonds is 7. The van der Waals surface area contributed by atoms with Gasteiger partial charge in [-0.1, -0.05) is 42.6 Å². The number of allylic oxidation sites excluding steroid dienone is 5. The van der Waals surface area contributed by atoms with Crippen LogP contribution in [0.5, 0.6) is 0 Å². The fraction of sp³-hybridized carbons (Fsp3) is 0.222. The highest BCUT2D eigenvalue weighted by Crippen LogP contribution is 2.32. The van der Waals surface area contributed by atoms with E-state index in [1.54, 1.807) is 30.1 Å². The van der Waals surface area contributed by atoms with Crippen LogP contribution in [0.2, 0.25) is 0 Å². The summed E-state index contributed by atoms with van der Waals surface area (Å²) in [4.78, 5) is 17.7. The average molecular weight is 343 g/mol. The molecule has 0 spiro atoms. The van der Waals surface area contributed by atoms with Crippen LogP contribution >= 0.6 is 11.8 Å². The zero-order valence-electron chi connectivity index (χ0n) is 13.8. The summed E-state index contributed by atoms with van der Waals surface area (Å²) in [7, 11) is 1.67. The van der Waals surface area contributed by atoms with Crippen molar-refractivity contribution in [2.45, 2.75) is 29.9 Å². The topological polar surface area (TPSA) is 60.0 Å². The number of aliphatic hydroxyl groups excluding tert-OH is 1. The van der Waals surface area contributed by atoms with Gasteiger partial charge in [0.25, 0.3) is 0 Å². The normalized spacial score (nSPS) is 12.0. The predicted octanol–water partition coefficient (Wildman–Crippen LogP) is 3.22. The van der Waals surface area contributed by atoms with Gasteiger partial charge < -0.3 is 5.11 Å². The van der Waals surface area contributed by atoms with Gasteiger partial charge >= 0.3 is 5.69 Å². The molecule has 2 aromatic rings. The Morgan fingerprint density at radius 1 is 1.42 bits per heavy atom. The minimum atomic E-state index is -0.203. The minimum Gasteiger partial charge on any atom is -0.390 e. The molecule has 2 heterocycles. The van der Waals surface area contributed by atoms with Crippen molar-refractivity contribution in [2.75, 3.05) is 0 Å². The zero-order chi connectivity index (χ0) is 17.5. The summed E-state index contributed by atoms with van der Waals surface area (Å²) >= 11 is 1.44. The molecule has 1 N–H and O–H groups in total. The maximum Gasteiger partial charge on any atom is 0.333 e. The lowest BCUT2D eigenvalue weighted by Crippen LogP contribution is -2.22. The Morgan fingerprint density at radius 2 is 2.12 bits per heavy atom. The molecular weight excluding hydrogens is 322 g/mol. The van der Waals surface area contributed by atoms with E-state index < -0.39 is 0 Å². The Labute approximate surface area is 145 Å². The van der Waals surface area contributed by atoms with Crippen molar-refractivity contribution in [2.24, 2.45) is 7.05 Å². The Balaban J connectivity index is 2.55. The number of aliphatic hydroxyl groups is 1. The van der Waals surface area contributed by atoms with Crippen LogP contribution in [0.3, 0.4) is 0 Å². The van der Waals surface area contributed by atoms with Gasteiger partial charge in [-0.15, -0.1) is 0 Å². The van der Waals surface area contributed by atoms with E-state index in [1.807, 2.05) is 37.3 Å². The third kappa shape index (κ3) is 3.77. The van der Waals surface area contributed by atoms with Crippen molar-refractivity contribution in [1.82, 2.24) is 14.1 Å². The molecule has 5 nitrogen and oxygen atoms in total. The van der Waals surface area contributed by atoms with Crippen molar-refractivity contribution >= 4 is 17.5 Å². The van der Waals surface area contributed by atoms with Crippen molar-refractivity contribution in [3.8, 4) is 0 Å². The Morgan fingerprint density at radius 3 is 2.71 bits per heavy atom. The van der Waals surface area contributed by atoms with E-state index in [-0.39, 0.29) is 12.3 Å². The second-order valence-electron chi connectivity index (χ2n) is 5.02. The molecule has 0 aliphatic rings. The van der Waals surface area contributed by atoms with Gasteiger partial charge in [-0.05, 0) is 19.1 Å². The van der Waals surface area contributed by atoms with E-state index in [0.29, 0.717) is 12.1 Å². The van der Waals surface area contributed by atoms with Crippen molar-refractivity contribution in [3.05, 3.63) is 71.6 Å². The highest BCUT2D eigenvalue weighted by molar-refractivity contribution is 7.99. The molecule has 24 heavy (non-hydrogen) atoms. The number of hydrogen-bond donors (Lipinski definition) is 1. The van der Waals surface area contributed by atoms with E-state index in [2.05, 4.69) is 11.6 Å². The molecule has 0 aliphatic carbocycles. The van der Waals surface area contributed by atoms with Crippen LogP contribution in [-0.2, 0) is 13.7 Å². The van der Waals surface area contributed by atoms with E-state index in [1.165, 1.54) is 16.3 Å². The zero-order valence-corrected chi connectivity index (χ0v) is 14.7.